The van der Waals surface area contributed by atoms with Crippen molar-refractivity contribution in [2.45, 2.75) is 0 Å². The van der Waals surface area contributed by atoms with Crippen molar-refractivity contribution in [1.29, 1.82) is 5.41 Å². The van der Waals surface area contributed by atoms with Crippen LogP contribution < -0.4 is 5.73 Å². The number of rotatable bonds is 2. The molecule has 0 radical (unpaired) electrons. The second-order valence-electron chi connectivity index (χ2n) is 3.84. The molecule has 102 valence electrons. The van der Waals surface area contributed by atoms with E-state index in [0.717, 1.165) is 0 Å². The van der Waals surface area contributed by atoms with Crippen molar-refractivity contribution in [3.63, 3.8) is 0 Å². The van der Waals surface area contributed by atoms with Gasteiger partial charge in [-0.05, 0) is 46.3 Å². The van der Waals surface area contributed by atoms with Crippen molar-refractivity contribution < 1.29 is 5.11 Å². The molecule has 0 spiro atoms. The maximum atomic E-state index is 9.73. The molecule has 4 N–H and O–H groups in total. The summed E-state index contributed by atoms with van der Waals surface area (Å²) >= 11 is 9.13. The van der Waals surface area contributed by atoms with Crippen LogP contribution in [0, 0.1) is 5.41 Å². The number of nitrogens with one attached hydrogen (secondary N) is 1. The predicted molar refractivity (Wildman–Crippen MR) is 82.6 cm³/mol. The fourth-order valence-electron chi connectivity index (χ4n) is 1.51. The van der Waals surface area contributed by atoms with E-state index >= 15 is 0 Å². The van der Waals surface area contributed by atoms with Gasteiger partial charge < -0.3 is 10.8 Å². The van der Waals surface area contributed by atoms with Crippen molar-refractivity contribution in [3.8, 4) is 5.75 Å². The molecule has 0 saturated carbocycles. The lowest BCUT2D eigenvalue weighted by Crippen LogP contribution is -2.16. The monoisotopic (exact) mass is 352 g/mol. The molecule has 2 aromatic rings. The minimum Gasteiger partial charge on any atom is -0.507 e. The number of aromatic hydroxyl groups is 1. The minimum atomic E-state index is -0.116. The van der Waals surface area contributed by atoms with Gasteiger partial charge in [-0.2, -0.15) is 0 Å². The number of nitrogens with two attached hydrogens (primary N) is 1. The molecule has 0 unspecified atom stereocenters. The topological polar surface area (TPSA) is 95.4 Å². The predicted octanol–water partition coefficient (Wildman–Crippen LogP) is 2.93. The highest BCUT2D eigenvalue weighted by Crippen LogP contribution is 2.21. The summed E-state index contributed by atoms with van der Waals surface area (Å²) in [7, 11) is 0. The Labute approximate surface area is 128 Å². The molecule has 0 saturated heterocycles. The first-order valence-electron chi connectivity index (χ1n) is 5.51. The average molecular weight is 354 g/mol. The molecule has 0 aliphatic rings. The zero-order valence-corrected chi connectivity index (χ0v) is 12.5. The molecular weight excluding hydrogens is 344 g/mol. The van der Waals surface area contributed by atoms with Crippen molar-refractivity contribution in [1.82, 2.24) is 4.98 Å². The lowest BCUT2D eigenvalue weighted by Gasteiger charge is -2.06. The van der Waals surface area contributed by atoms with E-state index in [4.69, 9.17) is 22.7 Å². The van der Waals surface area contributed by atoms with Gasteiger partial charge in [-0.3, -0.25) is 10.4 Å². The molecule has 0 bridgehead atoms. The Bertz CT molecular complexity index is 703. The normalized spacial score (nSPS) is 11.4. The summed E-state index contributed by atoms with van der Waals surface area (Å²) in [6.07, 6.45) is 1.55. The fraction of sp³-hybridized carbons (Fsp3) is 0. The molecule has 0 atom stereocenters. The highest BCUT2D eigenvalue weighted by Gasteiger charge is 2.10. The number of phenols is 1. The summed E-state index contributed by atoms with van der Waals surface area (Å²) < 4.78 is 0.636. The van der Waals surface area contributed by atoms with Crippen LogP contribution in [-0.2, 0) is 0 Å². The van der Waals surface area contributed by atoms with Crippen LogP contribution in [0.1, 0.15) is 11.3 Å². The number of aromatic nitrogens is 1. The van der Waals surface area contributed by atoms with E-state index in [-0.39, 0.29) is 23.0 Å². The van der Waals surface area contributed by atoms with Crippen LogP contribution in [0.3, 0.4) is 0 Å². The third-order valence-corrected chi connectivity index (χ3v) is 3.32. The third-order valence-electron chi connectivity index (χ3n) is 2.45. The highest BCUT2D eigenvalue weighted by atomic mass is 79.9. The Balaban J connectivity index is 2.38. The van der Waals surface area contributed by atoms with Crippen LogP contribution in [0.5, 0.6) is 5.75 Å². The first-order valence-corrected chi connectivity index (χ1v) is 6.68. The number of pyridine rings is 1. The number of halogens is 2. The molecule has 1 aromatic heterocycles. The van der Waals surface area contributed by atoms with Crippen molar-refractivity contribution in [3.05, 3.63) is 57.3 Å². The zero-order valence-electron chi connectivity index (χ0n) is 10.1. The van der Waals surface area contributed by atoms with Crippen LogP contribution in [0.2, 0.25) is 5.02 Å². The number of benzene rings is 1. The molecule has 20 heavy (non-hydrogen) atoms. The van der Waals surface area contributed by atoms with Gasteiger partial charge in [0, 0.05) is 15.7 Å². The Kier molecular flexibility index (Phi) is 4.36. The summed E-state index contributed by atoms with van der Waals surface area (Å²) in [5.41, 5.74) is 6.43. The molecule has 7 heteroatoms. The van der Waals surface area contributed by atoms with Gasteiger partial charge in [-0.25, -0.2) is 4.99 Å². The zero-order chi connectivity index (χ0) is 14.7. The minimum absolute atomic E-state index is 0.00690. The van der Waals surface area contributed by atoms with Gasteiger partial charge in [-0.15, -0.1) is 0 Å². The van der Waals surface area contributed by atoms with Gasteiger partial charge in [0.1, 0.15) is 17.3 Å². The number of hydrogen-bond acceptors (Lipinski definition) is 3. The van der Waals surface area contributed by atoms with E-state index < -0.39 is 0 Å². The molecular formula is C13H10BrClN4O. The molecule has 1 aromatic carbocycles. The van der Waals surface area contributed by atoms with Crippen molar-refractivity contribution >= 4 is 39.2 Å². The summed E-state index contributed by atoms with van der Waals surface area (Å²) in [4.78, 5) is 7.99. The van der Waals surface area contributed by atoms with Gasteiger partial charge in [0.05, 0.1) is 5.56 Å². The van der Waals surface area contributed by atoms with Gasteiger partial charge in [0.15, 0.2) is 5.84 Å². The third kappa shape index (κ3) is 3.15. The number of amidine groups is 2. The molecule has 0 amide bonds. The number of aliphatic imine (C=N–C) groups is 1. The molecule has 0 aliphatic carbocycles. The van der Waals surface area contributed by atoms with Crippen LogP contribution in [-0.4, -0.2) is 21.8 Å². The largest absolute Gasteiger partial charge is 0.507 e. The van der Waals surface area contributed by atoms with Gasteiger partial charge in [0.2, 0.25) is 0 Å². The lowest BCUT2D eigenvalue weighted by atomic mass is 10.2. The van der Waals surface area contributed by atoms with Gasteiger partial charge in [-0.1, -0.05) is 11.6 Å². The molecule has 0 fully saturated rings. The van der Waals surface area contributed by atoms with Crippen LogP contribution in [0.15, 0.2) is 46.0 Å². The van der Waals surface area contributed by atoms with E-state index in [1.807, 2.05) is 0 Å². The summed E-state index contributed by atoms with van der Waals surface area (Å²) in [6.45, 7) is 0. The molecule has 0 aliphatic heterocycles. The highest BCUT2D eigenvalue weighted by molar-refractivity contribution is 9.10. The van der Waals surface area contributed by atoms with E-state index in [1.165, 1.54) is 18.2 Å². The van der Waals surface area contributed by atoms with Crippen LogP contribution in [0.4, 0.5) is 0 Å². The van der Waals surface area contributed by atoms with E-state index in [9.17, 15) is 5.11 Å². The van der Waals surface area contributed by atoms with E-state index in [2.05, 4.69) is 25.9 Å². The number of phenolic OH excluding ortho intramolecular Hbond substituents is 1. The summed E-state index contributed by atoms with van der Waals surface area (Å²) in [6, 6.07) is 7.92. The first kappa shape index (κ1) is 14.5. The first-order chi connectivity index (χ1) is 9.49. The van der Waals surface area contributed by atoms with Crippen molar-refractivity contribution in [2.24, 2.45) is 10.7 Å². The fourth-order valence-corrected chi connectivity index (χ4v) is 2.12. The molecule has 5 nitrogen and oxygen atoms in total. The second kappa shape index (κ2) is 6.02. The Morgan fingerprint density at radius 3 is 2.85 bits per heavy atom. The quantitative estimate of drug-likeness (QED) is 0.572. The number of hydrogen-bond donors (Lipinski definition) is 3. The second-order valence-corrected chi connectivity index (χ2v) is 5.13. The van der Waals surface area contributed by atoms with Crippen molar-refractivity contribution in [2.75, 3.05) is 0 Å². The average Bonchev–Trinajstić information content (AvgIpc) is 2.41. The van der Waals surface area contributed by atoms with Gasteiger partial charge in [0.25, 0.3) is 0 Å². The Morgan fingerprint density at radius 1 is 1.40 bits per heavy atom. The number of nitrogens with zero attached hydrogens (tertiary/aromatic N) is 2. The molecule has 2 rings (SSSR count). The molecule has 1 heterocycles. The Morgan fingerprint density at radius 2 is 2.15 bits per heavy atom. The smallest absolute Gasteiger partial charge is 0.174 e. The summed E-state index contributed by atoms with van der Waals surface area (Å²) in [5, 5.41) is 18.0. The van der Waals surface area contributed by atoms with Crippen LogP contribution in [0.25, 0.3) is 0 Å². The van der Waals surface area contributed by atoms with Gasteiger partial charge >= 0.3 is 0 Å². The SMILES string of the molecule is N=C(N=C(N)c1cc(Cl)ccc1O)c1ncccc1Br. The summed E-state index contributed by atoms with van der Waals surface area (Å²) in [5.74, 6) is -0.176. The maximum Gasteiger partial charge on any atom is 0.174 e. The van der Waals surface area contributed by atoms with Crippen LogP contribution >= 0.6 is 27.5 Å². The Hall–Kier alpha value is -1.92. The lowest BCUT2D eigenvalue weighted by molar-refractivity contribution is 0.474. The van der Waals surface area contributed by atoms with E-state index in [0.29, 0.717) is 15.2 Å². The standard InChI is InChI=1S/C13H10BrClN4O/c14-9-2-1-5-18-11(9)13(17)19-12(16)8-6-7(15)3-4-10(8)20/h1-6,20H,(H3,16,17,19). The maximum absolute atomic E-state index is 9.73. The van der Waals surface area contributed by atoms with E-state index in [1.54, 1.807) is 18.3 Å².